The molecule has 0 saturated carbocycles. The summed E-state index contributed by atoms with van der Waals surface area (Å²) in [6.07, 6.45) is 4.54. The molecule has 112 valence electrons. The van der Waals surface area contributed by atoms with E-state index in [1.165, 1.54) is 12.8 Å². The molecule has 0 bridgehead atoms. The molecule has 5 heteroatoms. The molecule has 0 aromatic carbocycles. The van der Waals surface area contributed by atoms with Gasteiger partial charge in [0.25, 0.3) is 0 Å². The first-order valence-corrected chi connectivity index (χ1v) is 7.35. The van der Waals surface area contributed by atoms with E-state index in [0.717, 1.165) is 32.5 Å². The van der Waals surface area contributed by atoms with Gasteiger partial charge in [-0.05, 0) is 25.8 Å². The summed E-state index contributed by atoms with van der Waals surface area (Å²) in [6.45, 7) is 6.04. The Labute approximate surface area is 116 Å². The van der Waals surface area contributed by atoms with Gasteiger partial charge < -0.3 is 19.7 Å². The summed E-state index contributed by atoms with van der Waals surface area (Å²) in [5.74, 6) is 0.0956. The summed E-state index contributed by atoms with van der Waals surface area (Å²) < 4.78 is 10.2. The third kappa shape index (κ3) is 6.89. The number of hydrogen-bond acceptors (Lipinski definition) is 4. The lowest BCUT2D eigenvalue weighted by molar-refractivity contribution is -0.137. The molecular formula is C14H28N2O3. The van der Waals surface area contributed by atoms with Crippen molar-refractivity contribution in [3.63, 3.8) is 0 Å². The van der Waals surface area contributed by atoms with E-state index in [1.807, 2.05) is 4.90 Å². The zero-order valence-corrected chi connectivity index (χ0v) is 12.3. The van der Waals surface area contributed by atoms with Crippen LogP contribution >= 0.6 is 0 Å². The Kier molecular flexibility index (Phi) is 8.79. The fourth-order valence-corrected chi connectivity index (χ4v) is 2.24. The third-order valence-electron chi connectivity index (χ3n) is 3.39. The van der Waals surface area contributed by atoms with E-state index >= 15 is 0 Å². The van der Waals surface area contributed by atoms with Crippen molar-refractivity contribution >= 4 is 5.91 Å². The van der Waals surface area contributed by atoms with Crippen molar-refractivity contribution in [2.75, 3.05) is 46.6 Å². The Bertz CT molecular complexity index is 243. The van der Waals surface area contributed by atoms with Crippen molar-refractivity contribution in [3.8, 4) is 0 Å². The largest absolute Gasteiger partial charge is 0.382 e. The molecule has 1 aliphatic heterocycles. The first-order chi connectivity index (χ1) is 9.27. The summed E-state index contributed by atoms with van der Waals surface area (Å²) in [6, 6.07) is 0.458. The average molecular weight is 272 g/mol. The van der Waals surface area contributed by atoms with E-state index in [4.69, 9.17) is 9.47 Å². The molecule has 0 aliphatic carbocycles. The van der Waals surface area contributed by atoms with Gasteiger partial charge >= 0.3 is 0 Å². The molecule has 1 heterocycles. The molecule has 0 radical (unpaired) electrons. The van der Waals surface area contributed by atoms with Crippen molar-refractivity contribution in [2.45, 2.75) is 38.6 Å². The van der Waals surface area contributed by atoms with Gasteiger partial charge in [0.1, 0.15) is 6.61 Å². The molecule has 1 N–H and O–H groups in total. The highest BCUT2D eigenvalue weighted by Crippen LogP contribution is 2.08. The second-order valence-electron chi connectivity index (χ2n) is 5.03. The highest BCUT2D eigenvalue weighted by atomic mass is 16.5. The zero-order chi connectivity index (χ0) is 13.9. The molecule has 5 nitrogen and oxygen atoms in total. The van der Waals surface area contributed by atoms with Gasteiger partial charge in [0.2, 0.25) is 5.91 Å². The number of methoxy groups -OCH3 is 1. The molecule has 1 atom stereocenters. The topological polar surface area (TPSA) is 50.8 Å². The van der Waals surface area contributed by atoms with E-state index in [1.54, 1.807) is 7.11 Å². The predicted molar refractivity (Wildman–Crippen MR) is 75.2 cm³/mol. The maximum atomic E-state index is 12.1. The Hall–Kier alpha value is -0.650. The van der Waals surface area contributed by atoms with Crippen molar-refractivity contribution in [2.24, 2.45) is 0 Å². The number of ether oxygens (including phenoxy) is 2. The molecule has 1 rings (SSSR count). The first-order valence-electron chi connectivity index (χ1n) is 7.35. The minimum absolute atomic E-state index is 0.0956. The van der Waals surface area contributed by atoms with E-state index in [-0.39, 0.29) is 12.5 Å². The van der Waals surface area contributed by atoms with Crippen LogP contribution in [0.2, 0.25) is 0 Å². The minimum atomic E-state index is 0.0956. The number of carbonyl (C=O) groups excluding carboxylic acids is 1. The third-order valence-corrected chi connectivity index (χ3v) is 3.39. The highest BCUT2D eigenvalue weighted by Gasteiger charge is 2.21. The van der Waals surface area contributed by atoms with Gasteiger partial charge in [-0.25, -0.2) is 0 Å². The van der Waals surface area contributed by atoms with Crippen LogP contribution in [0.15, 0.2) is 0 Å². The van der Waals surface area contributed by atoms with Gasteiger partial charge in [0.05, 0.1) is 13.2 Å². The van der Waals surface area contributed by atoms with Crippen LogP contribution in [0.3, 0.4) is 0 Å². The van der Waals surface area contributed by atoms with E-state index < -0.39 is 0 Å². The molecule has 1 aliphatic rings. The second-order valence-corrected chi connectivity index (χ2v) is 5.03. The van der Waals surface area contributed by atoms with Gasteiger partial charge in [-0.1, -0.05) is 13.3 Å². The van der Waals surface area contributed by atoms with Crippen LogP contribution < -0.4 is 5.32 Å². The van der Waals surface area contributed by atoms with Crippen molar-refractivity contribution in [3.05, 3.63) is 0 Å². The summed E-state index contributed by atoms with van der Waals surface area (Å²) in [7, 11) is 1.63. The van der Waals surface area contributed by atoms with Gasteiger partial charge in [0.15, 0.2) is 0 Å². The Morgan fingerprint density at radius 1 is 1.42 bits per heavy atom. The summed E-state index contributed by atoms with van der Waals surface area (Å²) in [5, 5.41) is 3.44. The van der Waals surface area contributed by atoms with Crippen molar-refractivity contribution in [1.29, 1.82) is 0 Å². The van der Waals surface area contributed by atoms with Crippen LogP contribution in [0.5, 0.6) is 0 Å². The number of rotatable bonds is 10. The van der Waals surface area contributed by atoms with Gasteiger partial charge in [-0.3, -0.25) is 4.79 Å². The number of nitrogens with one attached hydrogen (secondary N) is 1. The minimum Gasteiger partial charge on any atom is -0.382 e. The van der Waals surface area contributed by atoms with E-state index in [2.05, 4.69) is 12.2 Å². The first kappa shape index (κ1) is 16.4. The Morgan fingerprint density at radius 2 is 2.26 bits per heavy atom. The second kappa shape index (κ2) is 10.2. The molecular weight excluding hydrogens is 244 g/mol. The zero-order valence-electron chi connectivity index (χ0n) is 12.3. The van der Waals surface area contributed by atoms with E-state index in [9.17, 15) is 4.79 Å². The number of unbranched alkanes of at least 4 members (excludes halogenated alkanes) is 1. The van der Waals surface area contributed by atoms with Crippen LogP contribution in [-0.2, 0) is 14.3 Å². The molecule has 0 aromatic heterocycles. The van der Waals surface area contributed by atoms with Gasteiger partial charge in [0, 0.05) is 26.2 Å². The lowest BCUT2D eigenvalue weighted by atomic mass is 10.2. The van der Waals surface area contributed by atoms with Gasteiger partial charge in [-0.15, -0.1) is 0 Å². The quantitative estimate of drug-likeness (QED) is 0.604. The average Bonchev–Trinajstić information content (AvgIpc) is 2.92. The molecule has 0 aromatic rings. The lowest BCUT2D eigenvalue weighted by Crippen LogP contribution is -2.43. The van der Waals surface area contributed by atoms with Gasteiger partial charge in [-0.2, -0.15) is 0 Å². The smallest absolute Gasteiger partial charge is 0.248 e. The maximum Gasteiger partial charge on any atom is 0.248 e. The fourth-order valence-electron chi connectivity index (χ4n) is 2.24. The molecule has 1 unspecified atom stereocenters. The standard InChI is InChI=1S/C14H28N2O3/c1-3-4-8-16(11-13-6-5-7-15-13)14(17)12-19-10-9-18-2/h13,15H,3-12H2,1-2H3. The summed E-state index contributed by atoms with van der Waals surface area (Å²) in [5.41, 5.74) is 0. The SMILES string of the molecule is CCCCN(CC1CCCN1)C(=O)COCCOC. The summed E-state index contributed by atoms with van der Waals surface area (Å²) in [4.78, 5) is 14.1. The van der Waals surface area contributed by atoms with Crippen molar-refractivity contribution < 1.29 is 14.3 Å². The normalized spacial score (nSPS) is 18.7. The van der Waals surface area contributed by atoms with Crippen LogP contribution in [0.1, 0.15) is 32.6 Å². The van der Waals surface area contributed by atoms with Crippen LogP contribution in [0, 0.1) is 0 Å². The van der Waals surface area contributed by atoms with Crippen LogP contribution in [0.25, 0.3) is 0 Å². The molecule has 0 spiro atoms. The predicted octanol–water partition coefficient (Wildman–Crippen LogP) is 1.03. The molecule has 1 fully saturated rings. The van der Waals surface area contributed by atoms with Crippen molar-refractivity contribution in [1.82, 2.24) is 10.2 Å². The monoisotopic (exact) mass is 272 g/mol. The molecule has 1 saturated heterocycles. The number of carbonyl (C=O) groups is 1. The molecule has 19 heavy (non-hydrogen) atoms. The van der Waals surface area contributed by atoms with Crippen LogP contribution in [0.4, 0.5) is 0 Å². The van der Waals surface area contributed by atoms with Crippen LogP contribution in [-0.4, -0.2) is 63.4 Å². The number of hydrogen-bond donors (Lipinski definition) is 1. The summed E-state index contributed by atoms with van der Waals surface area (Å²) >= 11 is 0. The fraction of sp³-hybridized carbons (Fsp3) is 0.929. The molecule has 1 amide bonds. The Balaban J connectivity index is 2.30. The Morgan fingerprint density at radius 3 is 2.89 bits per heavy atom. The number of nitrogens with zero attached hydrogens (tertiary/aromatic N) is 1. The lowest BCUT2D eigenvalue weighted by Gasteiger charge is -2.25. The maximum absolute atomic E-state index is 12.1. The highest BCUT2D eigenvalue weighted by molar-refractivity contribution is 5.77. The number of amides is 1. The van der Waals surface area contributed by atoms with E-state index in [0.29, 0.717) is 19.3 Å².